The summed E-state index contributed by atoms with van der Waals surface area (Å²) < 4.78 is 20.2. The van der Waals surface area contributed by atoms with Gasteiger partial charge in [-0.15, -0.1) is 5.10 Å². The third-order valence-electron chi connectivity index (χ3n) is 11.5. The lowest BCUT2D eigenvalue weighted by Gasteiger charge is -2.37. The molecule has 1 fully saturated rings. The smallest absolute Gasteiger partial charge is 0.269 e. The summed E-state index contributed by atoms with van der Waals surface area (Å²) in [6, 6.07) is 31.2. The number of aryl methyl sites for hydroxylation is 1. The van der Waals surface area contributed by atoms with Crippen LogP contribution in [0, 0.1) is 5.92 Å². The molecule has 53 heavy (non-hydrogen) atoms. The summed E-state index contributed by atoms with van der Waals surface area (Å²) in [5, 5.41) is 23.5. The van der Waals surface area contributed by atoms with Crippen molar-refractivity contribution in [3.8, 4) is 11.5 Å². The van der Waals surface area contributed by atoms with Gasteiger partial charge >= 0.3 is 0 Å². The number of amides is 2. The largest absolute Gasteiger partial charge is 0.497 e. The minimum Gasteiger partial charge on any atom is -0.497 e. The van der Waals surface area contributed by atoms with Gasteiger partial charge in [0.1, 0.15) is 11.5 Å². The molecule has 5 atom stereocenters. The first kappa shape index (κ1) is 34.8. The number of benzene rings is 4. The third-order valence-corrected chi connectivity index (χ3v) is 15.8. The van der Waals surface area contributed by atoms with Crippen molar-refractivity contribution in [3.63, 3.8) is 0 Å². The Hall–Kier alpha value is -5.30. The molecule has 4 heterocycles. The summed E-state index contributed by atoms with van der Waals surface area (Å²) in [6.07, 6.45) is 2.17. The summed E-state index contributed by atoms with van der Waals surface area (Å²) in [5.74, 6) is 0.514. The van der Waals surface area contributed by atoms with Crippen molar-refractivity contribution in [1.29, 1.82) is 0 Å². The van der Waals surface area contributed by atoms with Crippen LogP contribution in [-0.4, -0.2) is 66.4 Å². The summed E-state index contributed by atoms with van der Waals surface area (Å²) in [5.41, 5.74) is 3.10. The van der Waals surface area contributed by atoms with Crippen molar-refractivity contribution < 1.29 is 28.9 Å². The first-order valence-electron chi connectivity index (χ1n) is 18.0. The number of rotatable bonds is 10. The molecular weight excluding hydrogens is 687 g/mol. The van der Waals surface area contributed by atoms with E-state index in [1.807, 2.05) is 91.1 Å². The zero-order chi connectivity index (χ0) is 36.9. The van der Waals surface area contributed by atoms with Gasteiger partial charge < -0.3 is 24.6 Å². The number of aliphatic hydroxyl groups excluding tert-OH is 1. The number of nitrogens with zero attached hydrogens (tertiary/aromatic N) is 4. The van der Waals surface area contributed by atoms with Crippen LogP contribution in [0.2, 0.25) is 18.6 Å². The number of fused-ring (bicyclic) bond motifs is 3. The van der Waals surface area contributed by atoms with E-state index in [2.05, 4.69) is 47.8 Å². The van der Waals surface area contributed by atoms with Gasteiger partial charge in [-0.1, -0.05) is 85.0 Å². The van der Waals surface area contributed by atoms with Crippen LogP contribution in [0.25, 0.3) is 0 Å². The lowest BCUT2D eigenvalue weighted by Crippen LogP contribution is -2.51. The van der Waals surface area contributed by atoms with E-state index in [0.717, 1.165) is 16.9 Å². The van der Waals surface area contributed by atoms with Crippen LogP contribution in [0.1, 0.15) is 36.1 Å². The highest BCUT2D eigenvalue weighted by Crippen LogP contribution is 2.59. The maximum absolute atomic E-state index is 14.4. The number of hydrogen-bond donors (Lipinski definition) is 2. The monoisotopic (exact) mass is 729 g/mol. The Morgan fingerprint density at radius 1 is 1.02 bits per heavy atom. The molecule has 8 rings (SSSR count). The third kappa shape index (κ3) is 5.81. The Kier molecular flexibility index (Phi) is 8.92. The standard InChI is InChI=1S/C41H43N5O6Si/c1-26-39(53(3,4)30-17-15-29(50-2)16-18-30)37(20-21-45-23-34(43-44-45)31(24-47)27-10-6-5-7-11-27)52-41(26)32-22-28(14-19-33(32)42-40(41)49)46-35-12-8-9-13-36(35)51-25-38(46)48/h5-19,22-23,26,31,37,39,47H,20-21,24-25H2,1-4H3,(H,42,49)/t26-,31?,37+,39-,41+/m0/s1. The fourth-order valence-electron chi connectivity index (χ4n) is 8.81. The molecule has 2 N–H and O–H groups in total. The Labute approximate surface area is 309 Å². The number of methoxy groups -OCH3 is 1. The number of para-hydroxylation sites is 2. The van der Waals surface area contributed by atoms with E-state index in [9.17, 15) is 14.7 Å². The summed E-state index contributed by atoms with van der Waals surface area (Å²) in [7, 11) is -0.715. The molecular formula is C41H43N5O6Si. The zero-order valence-corrected chi connectivity index (χ0v) is 31.2. The molecule has 3 aliphatic heterocycles. The number of aromatic nitrogens is 3. The fraction of sp³-hybridized carbons (Fsp3) is 0.317. The Morgan fingerprint density at radius 2 is 1.77 bits per heavy atom. The van der Waals surface area contributed by atoms with Gasteiger partial charge in [0.05, 0.1) is 45.2 Å². The average molecular weight is 730 g/mol. The van der Waals surface area contributed by atoms with Gasteiger partial charge in [-0.3, -0.25) is 19.2 Å². The number of carbonyl (C=O) groups excluding carboxylic acids is 2. The molecule has 1 spiro atoms. The zero-order valence-electron chi connectivity index (χ0n) is 30.2. The quantitative estimate of drug-likeness (QED) is 0.175. The first-order valence-corrected chi connectivity index (χ1v) is 21.1. The van der Waals surface area contributed by atoms with E-state index in [1.54, 1.807) is 16.7 Å². The Bertz CT molecular complexity index is 2160. The molecule has 1 saturated heterocycles. The molecule has 5 aromatic rings. The number of ether oxygens (including phenoxy) is 3. The number of carbonyl (C=O) groups is 2. The van der Waals surface area contributed by atoms with Gasteiger partial charge in [0.15, 0.2) is 12.2 Å². The fourth-order valence-corrected chi connectivity index (χ4v) is 12.9. The SMILES string of the molecule is COc1ccc([Si](C)(C)[C@@H]2[C@@H](CCn3cc(C(CO)c4ccccc4)nn3)O[C@]3(C(=O)Nc4ccc(N5C(=O)COc6ccccc65)cc43)[C@H]2C)cc1. The maximum atomic E-state index is 14.4. The molecule has 12 heteroatoms. The normalized spacial score (nSPS) is 22.7. The molecule has 0 aliphatic carbocycles. The summed E-state index contributed by atoms with van der Waals surface area (Å²) in [4.78, 5) is 29.4. The van der Waals surface area contributed by atoms with Gasteiger partial charge in [-0.25, -0.2) is 0 Å². The van der Waals surface area contributed by atoms with Crippen LogP contribution in [0.5, 0.6) is 11.5 Å². The van der Waals surface area contributed by atoms with E-state index in [4.69, 9.17) is 14.2 Å². The molecule has 0 saturated carbocycles. The van der Waals surface area contributed by atoms with Gasteiger partial charge in [-0.05, 0) is 60.0 Å². The van der Waals surface area contributed by atoms with Crippen LogP contribution in [0.3, 0.4) is 0 Å². The predicted octanol–water partition coefficient (Wildman–Crippen LogP) is 5.73. The van der Waals surface area contributed by atoms with E-state index >= 15 is 0 Å². The first-order chi connectivity index (χ1) is 25.6. The van der Waals surface area contributed by atoms with Crippen molar-refractivity contribution in [2.75, 3.05) is 30.5 Å². The van der Waals surface area contributed by atoms with Crippen molar-refractivity contribution in [1.82, 2.24) is 15.0 Å². The van der Waals surface area contributed by atoms with E-state index < -0.39 is 13.7 Å². The number of anilines is 3. The highest BCUT2D eigenvalue weighted by atomic mass is 28.3. The topological polar surface area (TPSA) is 128 Å². The van der Waals surface area contributed by atoms with Crippen LogP contribution in [0.4, 0.5) is 17.1 Å². The average Bonchev–Trinajstić information content (AvgIpc) is 3.85. The van der Waals surface area contributed by atoms with Crippen LogP contribution < -0.4 is 24.9 Å². The van der Waals surface area contributed by atoms with Gasteiger partial charge in [0.2, 0.25) is 0 Å². The number of aliphatic hydroxyl groups is 1. The van der Waals surface area contributed by atoms with Crippen LogP contribution in [-0.2, 0) is 26.5 Å². The van der Waals surface area contributed by atoms with Crippen molar-refractivity contribution >= 4 is 42.1 Å². The highest BCUT2D eigenvalue weighted by molar-refractivity contribution is 6.91. The molecule has 1 unspecified atom stereocenters. The molecule has 0 bridgehead atoms. The molecule has 0 radical (unpaired) electrons. The van der Waals surface area contributed by atoms with Crippen molar-refractivity contribution in [2.24, 2.45) is 5.92 Å². The molecule has 4 aromatic carbocycles. The minimum atomic E-state index is -2.38. The molecule has 1 aromatic heterocycles. The minimum absolute atomic E-state index is 0.0134. The van der Waals surface area contributed by atoms with Crippen LogP contribution in [0.15, 0.2) is 103 Å². The molecule has 11 nitrogen and oxygen atoms in total. The molecule has 272 valence electrons. The maximum Gasteiger partial charge on any atom is 0.269 e. The number of hydrogen-bond acceptors (Lipinski definition) is 8. The second kappa shape index (κ2) is 13.6. The Morgan fingerprint density at radius 3 is 2.53 bits per heavy atom. The second-order valence-electron chi connectivity index (χ2n) is 14.7. The van der Waals surface area contributed by atoms with Gasteiger partial charge in [0.25, 0.3) is 11.8 Å². The summed E-state index contributed by atoms with van der Waals surface area (Å²) in [6.45, 7) is 7.17. The summed E-state index contributed by atoms with van der Waals surface area (Å²) >= 11 is 0. The van der Waals surface area contributed by atoms with Gasteiger partial charge in [-0.2, -0.15) is 0 Å². The van der Waals surface area contributed by atoms with E-state index in [0.29, 0.717) is 41.5 Å². The highest BCUT2D eigenvalue weighted by Gasteiger charge is 2.64. The second-order valence-corrected chi connectivity index (χ2v) is 19.4. The lowest BCUT2D eigenvalue weighted by atomic mass is 9.82. The van der Waals surface area contributed by atoms with E-state index in [1.165, 1.54) is 5.19 Å². The molecule has 2 amide bonds. The predicted molar refractivity (Wildman–Crippen MR) is 204 cm³/mol. The van der Waals surface area contributed by atoms with Crippen LogP contribution >= 0.6 is 0 Å². The Balaban J connectivity index is 1.16. The van der Waals surface area contributed by atoms with E-state index in [-0.39, 0.29) is 48.5 Å². The number of nitrogens with one attached hydrogen (secondary N) is 1. The molecule has 3 aliphatic rings. The van der Waals surface area contributed by atoms with Crippen molar-refractivity contribution in [3.05, 3.63) is 120 Å². The van der Waals surface area contributed by atoms with Gasteiger partial charge in [0, 0.05) is 35.6 Å². The lowest BCUT2D eigenvalue weighted by molar-refractivity contribution is -0.143. The van der Waals surface area contributed by atoms with Crippen molar-refractivity contribution in [2.45, 2.75) is 56.1 Å².